The van der Waals surface area contributed by atoms with Crippen LogP contribution >= 0.6 is 23.4 Å². The van der Waals surface area contributed by atoms with E-state index in [1.54, 1.807) is 41.1 Å². The number of benzene rings is 3. The van der Waals surface area contributed by atoms with E-state index in [2.05, 4.69) is 0 Å². The molecule has 0 bridgehead atoms. The van der Waals surface area contributed by atoms with E-state index < -0.39 is 18.1 Å². The summed E-state index contributed by atoms with van der Waals surface area (Å²) in [5.74, 6) is -1.25. The van der Waals surface area contributed by atoms with Gasteiger partial charge in [0.25, 0.3) is 5.91 Å². The molecule has 156 valence electrons. The highest BCUT2D eigenvalue weighted by Gasteiger charge is 2.60. The smallest absolute Gasteiger partial charge is 0.266 e. The van der Waals surface area contributed by atoms with Gasteiger partial charge in [-0.15, -0.1) is 11.8 Å². The lowest BCUT2D eigenvalue weighted by atomic mass is 9.90. The predicted molar refractivity (Wildman–Crippen MR) is 122 cm³/mol. The first kappa shape index (κ1) is 20.1. The maximum absolute atomic E-state index is 13.5. The number of hydrogen-bond donors (Lipinski definition) is 0. The molecule has 31 heavy (non-hydrogen) atoms. The monoisotopic (exact) mass is 450 g/mol. The molecule has 2 saturated heterocycles. The molecule has 5 nitrogen and oxygen atoms in total. The minimum atomic E-state index is -0.881. The van der Waals surface area contributed by atoms with Crippen LogP contribution in [0.4, 0.5) is 11.4 Å². The molecule has 2 fully saturated rings. The summed E-state index contributed by atoms with van der Waals surface area (Å²) < 4.78 is 0. The van der Waals surface area contributed by atoms with Crippen molar-refractivity contribution in [3.63, 3.8) is 0 Å². The Kier molecular flexibility index (Phi) is 5.22. The normalized spacial score (nSPS) is 22.8. The summed E-state index contributed by atoms with van der Waals surface area (Å²) >= 11 is 7.71. The number of imide groups is 1. The lowest BCUT2D eigenvalue weighted by Gasteiger charge is -2.29. The summed E-state index contributed by atoms with van der Waals surface area (Å²) in [6.45, 7) is 0. The molecule has 0 saturated carbocycles. The molecule has 0 aliphatic carbocycles. The Hall–Kier alpha value is -2.80. The van der Waals surface area contributed by atoms with Crippen LogP contribution < -0.4 is 9.96 Å². The van der Waals surface area contributed by atoms with E-state index in [9.17, 15) is 9.59 Å². The number of para-hydroxylation sites is 1. The molecular weight excluding hydrogens is 432 g/mol. The van der Waals surface area contributed by atoms with Crippen molar-refractivity contribution in [2.75, 3.05) is 16.2 Å². The minimum Gasteiger partial charge on any atom is -0.273 e. The van der Waals surface area contributed by atoms with Gasteiger partial charge in [0, 0.05) is 9.92 Å². The van der Waals surface area contributed by atoms with Crippen molar-refractivity contribution in [3.05, 3.63) is 89.4 Å². The van der Waals surface area contributed by atoms with Gasteiger partial charge in [0.1, 0.15) is 5.92 Å². The lowest BCUT2D eigenvalue weighted by Crippen LogP contribution is -2.37. The van der Waals surface area contributed by atoms with Crippen molar-refractivity contribution in [1.29, 1.82) is 0 Å². The molecule has 3 aromatic carbocycles. The van der Waals surface area contributed by atoms with Crippen LogP contribution in [0, 0.1) is 5.92 Å². The molecule has 0 unspecified atom stereocenters. The molecule has 3 atom stereocenters. The summed E-state index contributed by atoms with van der Waals surface area (Å²) in [5, 5.41) is 2.28. The van der Waals surface area contributed by atoms with Gasteiger partial charge in [-0.1, -0.05) is 41.9 Å². The SMILES string of the molecule is CSc1ccc([C@@H]2[C@H]3C(=O)N(c4ccccc4)C(=O)[C@H]3ON2c2ccc(Cl)cc2)cc1. The number of anilines is 2. The first-order valence-electron chi connectivity index (χ1n) is 9.87. The zero-order valence-corrected chi connectivity index (χ0v) is 18.2. The van der Waals surface area contributed by atoms with Gasteiger partial charge in [-0.25, -0.2) is 9.96 Å². The minimum absolute atomic E-state index is 0.253. The average Bonchev–Trinajstić information content (AvgIpc) is 3.31. The van der Waals surface area contributed by atoms with Gasteiger partial charge in [0.2, 0.25) is 5.91 Å². The molecule has 7 heteroatoms. The fraction of sp³-hybridized carbons (Fsp3) is 0.167. The van der Waals surface area contributed by atoms with Gasteiger partial charge in [0.05, 0.1) is 17.4 Å². The number of hydroxylamine groups is 1. The third-order valence-electron chi connectivity index (χ3n) is 5.67. The van der Waals surface area contributed by atoms with Gasteiger partial charge in [-0.2, -0.15) is 0 Å². The Morgan fingerprint density at radius 3 is 2.16 bits per heavy atom. The van der Waals surface area contributed by atoms with Crippen molar-refractivity contribution in [1.82, 2.24) is 0 Å². The highest BCUT2D eigenvalue weighted by molar-refractivity contribution is 7.98. The van der Waals surface area contributed by atoms with E-state index in [0.717, 1.165) is 16.1 Å². The summed E-state index contributed by atoms with van der Waals surface area (Å²) in [6, 6.07) is 23.8. The first-order valence-corrected chi connectivity index (χ1v) is 11.5. The van der Waals surface area contributed by atoms with E-state index in [1.807, 2.05) is 60.9 Å². The standard InChI is InChI=1S/C24H19ClN2O3S/c1-31-19-13-7-15(8-14-19)21-20-22(30-27(21)18-11-9-16(25)10-12-18)24(29)26(23(20)28)17-5-3-2-4-6-17/h2-14,20-22H,1H3/t20-,21-,22+/m1/s1. The third-order valence-corrected chi connectivity index (χ3v) is 6.66. The Bertz CT molecular complexity index is 1120. The number of nitrogens with zero attached hydrogens (tertiary/aromatic N) is 2. The van der Waals surface area contributed by atoms with Crippen molar-refractivity contribution in [3.8, 4) is 0 Å². The van der Waals surface area contributed by atoms with Gasteiger partial charge < -0.3 is 0 Å². The Balaban J connectivity index is 1.58. The maximum Gasteiger partial charge on any atom is 0.266 e. The zero-order valence-electron chi connectivity index (χ0n) is 16.6. The third kappa shape index (κ3) is 3.41. The average molecular weight is 451 g/mol. The first-order chi connectivity index (χ1) is 15.1. The zero-order chi connectivity index (χ0) is 21.5. The molecule has 5 rings (SSSR count). The van der Waals surface area contributed by atoms with Crippen LogP contribution in [-0.4, -0.2) is 24.2 Å². The number of amides is 2. The quantitative estimate of drug-likeness (QED) is 0.408. The number of carbonyl (C=O) groups is 2. The van der Waals surface area contributed by atoms with Crippen molar-refractivity contribution in [2.45, 2.75) is 17.0 Å². The lowest BCUT2D eigenvalue weighted by molar-refractivity contribution is -0.126. The number of thioether (sulfide) groups is 1. The van der Waals surface area contributed by atoms with E-state index in [4.69, 9.17) is 16.4 Å². The molecular formula is C24H19ClN2O3S. The molecule has 2 heterocycles. The van der Waals surface area contributed by atoms with E-state index in [1.165, 1.54) is 4.90 Å². The van der Waals surface area contributed by atoms with E-state index in [-0.39, 0.29) is 11.8 Å². The Labute approximate surface area is 189 Å². The second kappa shape index (κ2) is 8.04. The van der Waals surface area contributed by atoms with E-state index in [0.29, 0.717) is 10.7 Å². The molecule has 0 spiro atoms. The van der Waals surface area contributed by atoms with Crippen LogP contribution in [0.5, 0.6) is 0 Å². The van der Waals surface area contributed by atoms with Crippen LogP contribution in [0.15, 0.2) is 83.8 Å². The highest BCUT2D eigenvalue weighted by Crippen LogP contribution is 2.47. The molecule has 2 aliphatic rings. The number of hydrogen-bond acceptors (Lipinski definition) is 5. The van der Waals surface area contributed by atoms with Crippen molar-refractivity contribution >= 4 is 46.6 Å². The number of fused-ring (bicyclic) bond motifs is 1. The van der Waals surface area contributed by atoms with Crippen LogP contribution in [0.1, 0.15) is 11.6 Å². The Morgan fingerprint density at radius 1 is 0.839 bits per heavy atom. The number of halogens is 1. The predicted octanol–water partition coefficient (Wildman–Crippen LogP) is 5.11. The number of carbonyl (C=O) groups excluding carboxylic acids is 2. The molecule has 0 radical (unpaired) electrons. The van der Waals surface area contributed by atoms with Gasteiger partial charge in [-0.3, -0.25) is 14.4 Å². The van der Waals surface area contributed by atoms with Crippen LogP contribution in [0.25, 0.3) is 0 Å². The van der Waals surface area contributed by atoms with Crippen molar-refractivity contribution < 1.29 is 14.4 Å². The summed E-state index contributed by atoms with van der Waals surface area (Å²) in [6.07, 6.45) is 1.13. The van der Waals surface area contributed by atoms with E-state index >= 15 is 0 Å². The highest BCUT2D eigenvalue weighted by atomic mass is 35.5. The number of rotatable bonds is 4. The van der Waals surface area contributed by atoms with Crippen LogP contribution in [0.3, 0.4) is 0 Å². The maximum atomic E-state index is 13.5. The molecule has 3 aromatic rings. The molecule has 0 N–H and O–H groups in total. The second-order valence-corrected chi connectivity index (χ2v) is 8.74. The summed E-state index contributed by atoms with van der Waals surface area (Å²) in [7, 11) is 0. The topological polar surface area (TPSA) is 49.9 Å². The van der Waals surface area contributed by atoms with Crippen LogP contribution in [0.2, 0.25) is 5.02 Å². The molecule has 0 aromatic heterocycles. The molecule has 2 amide bonds. The van der Waals surface area contributed by atoms with Gasteiger partial charge in [0.15, 0.2) is 6.10 Å². The van der Waals surface area contributed by atoms with Crippen molar-refractivity contribution in [2.24, 2.45) is 5.92 Å². The fourth-order valence-corrected chi connectivity index (χ4v) is 4.73. The molecule has 2 aliphatic heterocycles. The van der Waals surface area contributed by atoms with Gasteiger partial charge >= 0.3 is 0 Å². The van der Waals surface area contributed by atoms with Crippen LogP contribution in [-0.2, 0) is 14.4 Å². The fourth-order valence-electron chi connectivity index (χ4n) is 4.20. The summed E-state index contributed by atoms with van der Waals surface area (Å²) in [4.78, 5) is 35.3. The second-order valence-electron chi connectivity index (χ2n) is 7.42. The summed E-state index contributed by atoms with van der Waals surface area (Å²) in [5.41, 5.74) is 2.21. The largest absolute Gasteiger partial charge is 0.273 e. The Morgan fingerprint density at radius 2 is 1.52 bits per heavy atom. The van der Waals surface area contributed by atoms with Gasteiger partial charge in [-0.05, 0) is 60.4 Å².